The van der Waals surface area contributed by atoms with E-state index in [9.17, 15) is 9.59 Å². The molecular weight excluding hydrogens is 418 g/mol. The average Bonchev–Trinajstić information content (AvgIpc) is 2.88. The van der Waals surface area contributed by atoms with Crippen molar-refractivity contribution in [2.24, 2.45) is 0 Å². The molecule has 7 nitrogen and oxygen atoms in total. The first kappa shape index (κ1) is 22.7. The summed E-state index contributed by atoms with van der Waals surface area (Å²) in [7, 11) is 0. The number of carbonyl (C=O) groups excluding carboxylic acids is 2. The van der Waals surface area contributed by atoms with Crippen LogP contribution in [-0.2, 0) is 11.3 Å². The summed E-state index contributed by atoms with van der Waals surface area (Å²) in [6.07, 6.45) is -0.0414. The molecule has 4 rings (SSSR count). The van der Waals surface area contributed by atoms with E-state index in [1.54, 1.807) is 41.9 Å². The van der Waals surface area contributed by atoms with Crippen molar-refractivity contribution in [1.82, 2.24) is 15.7 Å². The van der Waals surface area contributed by atoms with Crippen LogP contribution in [0, 0.1) is 0 Å². The van der Waals surface area contributed by atoms with Gasteiger partial charge in [0.1, 0.15) is 0 Å². The molecule has 0 spiro atoms. The quantitative estimate of drug-likeness (QED) is 0.384. The van der Waals surface area contributed by atoms with E-state index in [0.717, 1.165) is 30.8 Å². The summed E-state index contributed by atoms with van der Waals surface area (Å²) >= 11 is 0. The zero-order valence-electron chi connectivity index (χ0n) is 18.2. The Hall–Kier alpha value is -3.52. The molecule has 3 N–H and O–H groups in total. The largest absolute Gasteiger partial charge is 0.374 e. The Balaban J connectivity index is 1.29. The third kappa shape index (κ3) is 6.04. The van der Waals surface area contributed by atoms with Gasteiger partial charge in [0.25, 0.3) is 11.8 Å². The number of hydrogen-bond donors (Lipinski definition) is 3. The maximum absolute atomic E-state index is 12.6. The van der Waals surface area contributed by atoms with Crippen LogP contribution in [-0.4, -0.2) is 54.3 Å². The van der Waals surface area contributed by atoms with E-state index in [4.69, 9.17) is 9.94 Å². The number of ether oxygens (including phenoxy) is 1. The number of rotatable bonds is 7. The van der Waals surface area contributed by atoms with Gasteiger partial charge in [-0.3, -0.25) is 19.7 Å². The highest BCUT2D eigenvalue weighted by Gasteiger charge is 2.21. The van der Waals surface area contributed by atoms with Crippen LogP contribution in [0.25, 0.3) is 11.1 Å². The van der Waals surface area contributed by atoms with Gasteiger partial charge >= 0.3 is 0 Å². The fourth-order valence-corrected chi connectivity index (χ4v) is 3.89. The number of nitrogens with zero attached hydrogens (tertiary/aromatic N) is 1. The number of morpholine rings is 1. The predicted molar refractivity (Wildman–Crippen MR) is 125 cm³/mol. The highest BCUT2D eigenvalue weighted by atomic mass is 16.5. The second-order valence-electron chi connectivity index (χ2n) is 8.02. The van der Waals surface area contributed by atoms with Crippen molar-refractivity contribution in [3.8, 4) is 11.1 Å². The van der Waals surface area contributed by atoms with E-state index in [1.165, 1.54) is 5.56 Å². The molecule has 3 aromatic carbocycles. The van der Waals surface area contributed by atoms with E-state index < -0.39 is 5.91 Å². The molecule has 1 fully saturated rings. The first-order chi connectivity index (χ1) is 16.1. The second-order valence-corrected chi connectivity index (χ2v) is 8.02. The lowest BCUT2D eigenvalue weighted by Crippen LogP contribution is -2.47. The van der Waals surface area contributed by atoms with Crippen LogP contribution in [0.15, 0.2) is 78.9 Å². The molecule has 2 amide bonds. The fraction of sp³-hybridized carbons (Fsp3) is 0.231. The molecule has 0 bridgehead atoms. The lowest BCUT2D eigenvalue weighted by Gasteiger charge is -2.33. The van der Waals surface area contributed by atoms with Gasteiger partial charge in [0.2, 0.25) is 0 Å². The number of benzene rings is 3. The van der Waals surface area contributed by atoms with Gasteiger partial charge in [-0.25, -0.2) is 5.48 Å². The molecule has 1 atom stereocenters. The first-order valence-electron chi connectivity index (χ1n) is 10.9. The average molecular weight is 446 g/mol. The molecule has 0 saturated carbocycles. The molecule has 0 radical (unpaired) electrons. The van der Waals surface area contributed by atoms with Gasteiger partial charge < -0.3 is 10.1 Å². The summed E-state index contributed by atoms with van der Waals surface area (Å²) in [5.74, 6) is -0.695. The van der Waals surface area contributed by atoms with E-state index in [0.29, 0.717) is 24.3 Å². The summed E-state index contributed by atoms with van der Waals surface area (Å²) in [5, 5.41) is 11.7. The minimum atomic E-state index is -0.557. The van der Waals surface area contributed by atoms with Gasteiger partial charge in [-0.05, 0) is 41.0 Å². The van der Waals surface area contributed by atoms with Crippen molar-refractivity contribution in [2.75, 3.05) is 26.2 Å². The van der Waals surface area contributed by atoms with E-state index >= 15 is 0 Å². The van der Waals surface area contributed by atoms with Crippen LogP contribution in [0.5, 0.6) is 0 Å². The Kier molecular flexibility index (Phi) is 7.47. The Bertz CT molecular complexity index is 1070. The molecule has 33 heavy (non-hydrogen) atoms. The lowest BCUT2D eigenvalue weighted by atomic mass is 10.0. The third-order valence-electron chi connectivity index (χ3n) is 5.69. The van der Waals surface area contributed by atoms with Gasteiger partial charge in [-0.1, -0.05) is 54.6 Å². The second kappa shape index (κ2) is 10.9. The molecule has 1 heterocycles. The van der Waals surface area contributed by atoms with Gasteiger partial charge in [0.05, 0.1) is 12.7 Å². The third-order valence-corrected chi connectivity index (χ3v) is 5.69. The fourth-order valence-electron chi connectivity index (χ4n) is 3.89. The summed E-state index contributed by atoms with van der Waals surface area (Å²) < 4.78 is 5.84. The molecule has 0 aromatic heterocycles. The van der Waals surface area contributed by atoms with Crippen LogP contribution in [0.3, 0.4) is 0 Å². The molecule has 3 aromatic rings. The van der Waals surface area contributed by atoms with Crippen molar-refractivity contribution in [2.45, 2.75) is 12.6 Å². The number of nitrogens with one attached hydrogen (secondary N) is 2. The highest BCUT2D eigenvalue weighted by molar-refractivity contribution is 5.95. The molecule has 0 aliphatic carbocycles. The Morgan fingerprint density at radius 3 is 2.09 bits per heavy atom. The van der Waals surface area contributed by atoms with Crippen LogP contribution in [0.4, 0.5) is 0 Å². The summed E-state index contributed by atoms with van der Waals surface area (Å²) in [6, 6.07) is 24.5. The number of amides is 2. The summed E-state index contributed by atoms with van der Waals surface area (Å²) in [4.78, 5) is 26.4. The van der Waals surface area contributed by atoms with Gasteiger partial charge in [-0.15, -0.1) is 0 Å². The molecule has 170 valence electrons. The number of carbonyl (C=O) groups is 2. The number of hydroxylamine groups is 1. The minimum Gasteiger partial charge on any atom is -0.374 e. The van der Waals surface area contributed by atoms with Crippen molar-refractivity contribution in [3.05, 3.63) is 95.6 Å². The first-order valence-corrected chi connectivity index (χ1v) is 10.9. The van der Waals surface area contributed by atoms with Gasteiger partial charge in [0.15, 0.2) is 0 Å². The zero-order valence-corrected chi connectivity index (χ0v) is 18.2. The molecule has 7 heteroatoms. The maximum atomic E-state index is 12.6. The maximum Gasteiger partial charge on any atom is 0.274 e. The van der Waals surface area contributed by atoms with Crippen LogP contribution in [0.1, 0.15) is 26.3 Å². The molecule has 1 aliphatic rings. The molecule has 1 saturated heterocycles. The predicted octanol–water partition coefficient (Wildman–Crippen LogP) is 3.10. The Morgan fingerprint density at radius 1 is 0.879 bits per heavy atom. The van der Waals surface area contributed by atoms with Crippen LogP contribution < -0.4 is 10.8 Å². The molecular formula is C26H27N3O4. The summed E-state index contributed by atoms with van der Waals surface area (Å²) in [5.41, 5.74) is 5.66. The van der Waals surface area contributed by atoms with Gasteiger partial charge in [-0.2, -0.15) is 0 Å². The van der Waals surface area contributed by atoms with Crippen molar-refractivity contribution >= 4 is 11.8 Å². The highest BCUT2D eigenvalue weighted by Crippen LogP contribution is 2.20. The monoisotopic (exact) mass is 445 g/mol. The topological polar surface area (TPSA) is 90.9 Å². The van der Waals surface area contributed by atoms with Crippen LogP contribution in [0.2, 0.25) is 0 Å². The van der Waals surface area contributed by atoms with Crippen molar-refractivity contribution in [1.29, 1.82) is 0 Å². The SMILES string of the molecule is O=C(NO)c1ccc(-c2ccc(C(=O)NCC3CN(Cc4ccccc4)CCO3)cc2)cc1. The minimum absolute atomic E-state index is 0.0414. The van der Waals surface area contributed by atoms with Crippen molar-refractivity contribution in [3.63, 3.8) is 0 Å². The number of hydrogen-bond acceptors (Lipinski definition) is 5. The normalized spacial score (nSPS) is 16.2. The van der Waals surface area contributed by atoms with E-state index in [1.807, 2.05) is 30.3 Å². The van der Waals surface area contributed by atoms with Crippen molar-refractivity contribution < 1.29 is 19.5 Å². The Labute approximate surface area is 193 Å². The standard InChI is InChI=1S/C26H27N3O4/c30-25(27-16-24-18-29(14-15-33-24)17-19-4-2-1-3-5-19)22-10-6-20(7-11-22)21-8-12-23(13-9-21)26(31)28-32/h1-13,24,32H,14-18H2,(H,27,30)(H,28,31). The lowest BCUT2D eigenvalue weighted by molar-refractivity contribution is -0.0292. The molecule has 1 unspecified atom stereocenters. The van der Waals surface area contributed by atoms with E-state index in [-0.39, 0.29) is 12.0 Å². The summed E-state index contributed by atoms with van der Waals surface area (Å²) in [6.45, 7) is 3.65. The zero-order chi connectivity index (χ0) is 23.0. The Morgan fingerprint density at radius 2 is 1.48 bits per heavy atom. The van der Waals surface area contributed by atoms with E-state index in [2.05, 4.69) is 22.3 Å². The smallest absolute Gasteiger partial charge is 0.274 e. The molecule has 1 aliphatic heterocycles. The van der Waals surface area contributed by atoms with Gasteiger partial charge in [0, 0.05) is 37.3 Å². The van der Waals surface area contributed by atoms with Crippen LogP contribution >= 0.6 is 0 Å².